The highest BCUT2D eigenvalue weighted by molar-refractivity contribution is 5.94. The van der Waals surface area contributed by atoms with E-state index in [1.54, 1.807) is 19.2 Å². The zero-order valence-corrected chi connectivity index (χ0v) is 12.4. The number of benzene rings is 2. The van der Waals surface area contributed by atoms with Crippen LogP contribution >= 0.6 is 0 Å². The van der Waals surface area contributed by atoms with Crippen molar-refractivity contribution in [2.24, 2.45) is 0 Å². The van der Waals surface area contributed by atoms with Crippen molar-refractivity contribution in [3.8, 4) is 5.75 Å². The topological polar surface area (TPSA) is 38.3 Å². The summed E-state index contributed by atoms with van der Waals surface area (Å²) in [4.78, 5) is 12.1. The highest BCUT2D eigenvalue weighted by Gasteiger charge is 2.44. The predicted octanol–water partition coefficient (Wildman–Crippen LogP) is 3.30. The van der Waals surface area contributed by atoms with Gasteiger partial charge in [-0.2, -0.15) is 0 Å². The Morgan fingerprint density at radius 1 is 1.18 bits per heavy atom. The fourth-order valence-corrected chi connectivity index (χ4v) is 2.65. The molecule has 0 spiro atoms. The van der Waals surface area contributed by atoms with E-state index in [0.29, 0.717) is 6.54 Å². The van der Waals surface area contributed by atoms with Gasteiger partial charge in [0, 0.05) is 12.0 Å². The lowest BCUT2D eigenvalue weighted by molar-refractivity contribution is 0.0945. The van der Waals surface area contributed by atoms with Gasteiger partial charge < -0.3 is 10.1 Å². The Kier molecular flexibility index (Phi) is 3.84. The van der Waals surface area contributed by atoms with Crippen molar-refractivity contribution >= 4 is 5.91 Å². The Balaban J connectivity index is 1.68. The summed E-state index contributed by atoms with van der Waals surface area (Å²) in [5.41, 5.74) is 1.25. The van der Waals surface area contributed by atoms with E-state index in [9.17, 15) is 9.18 Å². The molecule has 0 unspecified atom stereocenters. The smallest absolute Gasteiger partial charge is 0.254 e. The summed E-state index contributed by atoms with van der Waals surface area (Å²) >= 11 is 0. The van der Waals surface area contributed by atoms with Gasteiger partial charge in [-0.25, -0.2) is 4.39 Å². The molecule has 3 rings (SSSR count). The fraction of sp³-hybridized carbons (Fsp3) is 0.278. The molecule has 22 heavy (non-hydrogen) atoms. The van der Waals surface area contributed by atoms with Gasteiger partial charge >= 0.3 is 0 Å². The van der Waals surface area contributed by atoms with Crippen molar-refractivity contribution in [1.82, 2.24) is 5.32 Å². The molecule has 1 saturated carbocycles. The molecule has 1 N–H and O–H groups in total. The van der Waals surface area contributed by atoms with Crippen molar-refractivity contribution in [3.05, 3.63) is 65.5 Å². The molecule has 0 radical (unpaired) electrons. The number of halogens is 1. The quantitative estimate of drug-likeness (QED) is 0.920. The lowest BCUT2D eigenvalue weighted by Crippen LogP contribution is -2.32. The first kappa shape index (κ1) is 14.6. The van der Waals surface area contributed by atoms with Gasteiger partial charge in [0.05, 0.1) is 12.7 Å². The Morgan fingerprint density at radius 2 is 1.86 bits per heavy atom. The molecule has 0 atom stereocenters. The lowest BCUT2D eigenvalue weighted by atomic mass is 9.95. The molecule has 0 saturated heterocycles. The summed E-state index contributed by atoms with van der Waals surface area (Å²) in [6.07, 6.45) is 2.05. The summed E-state index contributed by atoms with van der Waals surface area (Å²) in [5.74, 6) is -0.0397. The van der Waals surface area contributed by atoms with E-state index >= 15 is 0 Å². The maximum Gasteiger partial charge on any atom is 0.254 e. The van der Waals surface area contributed by atoms with Crippen LogP contribution in [0, 0.1) is 5.82 Å². The third kappa shape index (κ3) is 2.82. The van der Waals surface area contributed by atoms with E-state index < -0.39 is 5.82 Å². The standard InChI is InChI=1S/C18H18FNO2/c1-22-14-8-6-13(7-9-14)18(10-11-18)12-20-17(21)15-4-2-3-5-16(15)19/h2-9H,10-12H2,1H3,(H,20,21). The second-order valence-electron chi connectivity index (χ2n) is 5.67. The molecule has 1 fully saturated rings. The maximum absolute atomic E-state index is 13.6. The van der Waals surface area contributed by atoms with Crippen LogP contribution in [0.25, 0.3) is 0 Å². The van der Waals surface area contributed by atoms with E-state index in [-0.39, 0.29) is 16.9 Å². The number of ether oxygens (including phenoxy) is 1. The molecule has 0 aromatic heterocycles. The molecule has 114 valence electrons. The number of methoxy groups -OCH3 is 1. The Labute approximate surface area is 129 Å². The predicted molar refractivity (Wildman–Crippen MR) is 82.6 cm³/mol. The number of amides is 1. The van der Waals surface area contributed by atoms with E-state index in [2.05, 4.69) is 5.32 Å². The second-order valence-corrected chi connectivity index (χ2v) is 5.67. The van der Waals surface area contributed by atoms with Gasteiger partial charge in [-0.3, -0.25) is 4.79 Å². The molecule has 3 nitrogen and oxygen atoms in total. The highest BCUT2D eigenvalue weighted by Crippen LogP contribution is 2.47. The molecular weight excluding hydrogens is 281 g/mol. The number of hydrogen-bond donors (Lipinski definition) is 1. The number of rotatable bonds is 5. The summed E-state index contributed by atoms with van der Waals surface area (Å²) in [6.45, 7) is 0.520. The first-order valence-corrected chi connectivity index (χ1v) is 7.32. The third-order valence-electron chi connectivity index (χ3n) is 4.26. The van der Waals surface area contributed by atoms with Crippen LogP contribution in [0.2, 0.25) is 0 Å². The van der Waals surface area contributed by atoms with Gasteiger partial charge in [-0.1, -0.05) is 24.3 Å². The molecule has 1 aliphatic carbocycles. The van der Waals surface area contributed by atoms with Crippen LogP contribution in [-0.2, 0) is 5.41 Å². The zero-order chi connectivity index (χ0) is 15.6. The first-order chi connectivity index (χ1) is 10.6. The van der Waals surface area contributed by atoms with Crippen molar-refractivity contribution in [2.45, 2.75) is 18.3 Å². The van der Waals surface area contributed by atoms with Crippen LogP contribution < -0.4 is 10.1 Å². The van der Waals surface area contributed by atoms with Gasteiger partial charge in [0.2, 0.25) is 0 Å². The number of hydrogen-bond acceptors (Lipinski definition) is 2. The lowest BCUT2D eigenvalue weighted by Gasteiger charge is -2.17. The van der Waals surface area contributed by atoms with E-state index in [1.807, 2.05) is 24.3 Å². The van der Waals surface area contributed by atoms with Gasteiger partial charge in [0.15, 0.2) is 0 Å². The molecule has 1 aliphatic rings. The fourth-order valence-electron chi connectivity index (χ4n) is 2.65. The average molecular weight is 299 g/mol. The van der Waals surface area contributed by atoms with Gasteiger partial charge in [-0.05, 0) is 42.7 Å². The van der Waals surface area contributed by atoms with Crippen molar-refractivity contribution in [1.29, 1.82) is 0 Å². The van der Waals surface area contributed by atoms with E-state index in [1.165, 1.54) is 17.7 Å². The zero-order valence-electron chi connectivity index (χ0n) is 12.4. The van der Waals surface area contributed by atoms with Gasteiger partial charge in [0.1, 0.15) is 11.6 Å². The summed E-state index contributed by atoms with van der Waals surface area (Å²) in [5, 5.41) is 2.86. The molecule has 4 heteroatoms. The van der Waals surface area contributed by atoms with Gasteiger partial charge in [0.25, 0.3) is 5.91 Å². The minimum atomic E-state index is -0.491. The van der Waals surface area contributed by atoms with Crippen LogP contribution in [0.3, 0.4) is 0 Å². The number of nitrogens with one attached hydrogen (secondary N) is 1. The Hall–Kier alpha value is -2.36. The summed E-state index contributed by atoms with van der Waals surface area (Å²) in [7, 11) is 1.64. The number of carbonyl (C=O) groups excluding carboxylic acids is 1. The van der Waals surface area contributed by atoms with Crippen LogP contribution in [0.4, 0.5) is 4.39 Å². The van der Waals surface area contributed by atoms with Crippen molar-refractivity contribution in [2.75, 3.05) is 13.7 Å². The molecular formula is C18H18FNO2. The molecule has 1 amide bonds. The third-order valence-corrected chi connectivity index (χ3v) is 4.26. The average Bonchev–Trinajstić information content (AvgIpc) is 3.34. The highest BCUT2D eigenvalue weighted by atomic mass is 19.1. The summed E-state index contributed by atoms with van der Waals surface area (Å²) < 4.78 is 18.8. The first-order valence-electron chi connectivity index (χ1n) is 7.32. The van der Waals surface area contributed by atoms with Crippen LogP contribution in [0.5, 0.6) is 5.75 Å². The van der Waals surface area contributed by atoms with E-state index in [0.717, 1.165) is 18.6 Å². The normalized spacial score (nSPS) is 15.2. The Bertz CT molecular complexity index is 678. The molecule has 0 aliphatic heterocycles. The number of carbonyl (C=O) groups is 1. The molecule has 0 heterocycles. The molecule has 0 bridgehead atoms. The second kappa shape index (κ2) is 5.79. The SMILES string of the molecule is COc1ccc(C2(CNC(=O)c3ccccc3F)CC2)cc1. The minimum absolute atomic E-state index is 0.0206. The maximum atomic E-state index is 13.6. The van der Waals surface area contributed by atoms with Crippen LogP contribution in [0.1, 0.15) is 28.8 Å². The van der Waals surface area contributed by atoms with Crippen LogP contribution in [-0.4, -0.2) is 19.6 Å². The molecule has 2 aromatic rings. The minimum Gasteiger partial charge on any atom is -0.497 e. The van der Waals surface area contributed by atoms with Gasteiger partial charge in [-0.15, -0.1) is 0 Å². The Morgan fingerprint density at radius 3 is 2.45 bits per heavy atom. The van der Waals surface area contributed by atoms with Crippen LogP contribution in [0.15, 0.2) is 48.5 Å². The summed E-state index contributed by atoms with van der Waals surface area (Å²) in [6, 6.07) is 13.9. The monoisotopic (exact) mass is 299 g/mol. The molecule has 2 aromatic carbocycles. The van der Waals surface area contributed by atoms with Crippen molar-refractivity contribution < 1.29 is 13.9 Å². The largest absolute Gasteiger partial charge is 0.497 e. The van der Waals surface area contributed by atoms with Crippen molar-refractivity contribution in [3.63, 3.8) is 0 Å². The van der Waals surface area contributed by atoms with E-state index in [4.69, 9.17) is 4.74 Å².